The zero-order valence-corrected chi connectivity index (χ0v) is 10.0. The molecule has 0 aromatic heterocycles. The SMILES string of the molecule is N[C@H](CO)c1ccc(CN2CCOCC2)cc1. The molecule has 0 unspecified atom stereocenters. The van der Waals surface area contributed by atoms with Gasteiger partial charge in [0.05, 0.1) is 25.9 Å². The van der Waals surface area contributed by atoms with Gasteiger partial charge in [0.1, 0.15) is 0 Å². The van der Waals surface area contributed by atoms with Gasteiger partial charge in [0.25, 0.3) is 0 Å². The van der Waals surface area contributed by atoms with E-state index in [0.29, 0.717) is 0 Å². The molecule has 0 spiro atoms. The first-order chi connectivity index (χ1) is 8.29. The zero-order valence-electron chi connectivity index (χ0n) is 10.0. The molecule has 1 aliphatic heterocycles. The molecule has 0 aliphatic carbocycles. The van der Waals surface area contributed by atoms with Crippen LogP contribution in [0, 0.1) is 0 Å². The Labute approximate surface area is 102 Å². The first-order valence-corrected chi connectivity index (χ1v) is 6.05. The molecule has 1 atom stereocenters. The summed E-state index contributed by atoms with van der Waals surface area (Å²) in [5.41, 5.74) is 8.01. The molecule has 2 rings (SSSR count). The number of morpholine rings is 1. The standard InChI is InChI=1S/C13H20N2O2/c14-13(10-16)12-3-1-11(2-4-12)9-15-5-7-17-8-6-15/h1-4,13,16H,5-10,14H2/t13-/m1/s1. The van der Waals surface area contributed by atoms with Gasteiger partial charge in [-0.1, -0.05) is 24.3 Å². The lowest BCUT2D eigenvalue weighted by Crippen LogP contribution is -2.35. The van der Waals surface area contributed by atoms with Crippen LogP contribution in [0.15, 0.2) is 24.3 Å². The van der Waals surface area contributed by atoms with Gasteiger partial charge in [-0.2, -0.15) is 0 Å². The minimum atomic E-state index is -0.271. The molecule has 1 aliphatic rings. The highest BCUT2D eigenvalue weighted by Gasteiger charge is 2.11. The predicted octanol–water partition coefficient (Wildman–Crippen LogP) is 0.511. The summed E-state index contributed by atoms with van der Waals surface area (Å²) < 4.78 is 5.32. The Morgan fingerprint density at radius 3 is 2.47 bits per heavy atom. The van der Waals surface area contributed by atoms with Crippen molar-refractivity contribution >= 4 is 0 Å². The van der Waals surface area contributed by atoms with Crippen molar-refractivity contribution in [2.75, 3.05) is 32.9 Å². The van der Waals surface area contributed by atoms with Gasteiger partial charge in [0, 0.05) is 19.6 Å². The second-order valence-corrected chi connectivity index (χ2v) is 4.42. The van der Waals surface area contributed by atoms with E-state index in [0.717, 1.165) is 38.4 Å². The summed E-state index contributed by atoms with van der Waals surface area (Å²) in [5, 5.41) is 8.97. The molecule has 0 radical (unpaired) electrons. The Bertz CT molecular complexity index is 334. The Morgan fingerprint density at radius 1 is 1.24 bits per heavy atom. The van der Waals surface area contributed by atoms with E-state index in [1.165, 1.54) is 5.56 Å². The van der Waals surface area contributed by atoms with Crippen LogP contribution in [0.3, 0.4) is 0 Å². The number of rotatable bonds is 4. The fraction of sp³-hybridized carbons (Fsp3) is 0.538. The number of hydrogen-bond donors (Lipinski definition) is 2. The Balaban J connectivity index is 1.93. The number of ether oxygens (including phenoxy) is 1. The first-order valence-electron chi connectivity index (χ1n) is 6.05. The molecule has 17 heavy (non-hydrogen) atoms. The molecule has 0 amide bonds. The maximum absolute atomic E-state index is 8.97. The summed E-state index contributed by atoms with van der Waals surface area (Å²) in [6.45, 7) is 4.59. The summed E-state index contributed by atoms with van der Waals surface area (Å²) in [7, 11) is 0. The quantitative estimate of drug-likeness (QED) is 0.800. The molecule has 1 aromatic carbocycles. The van der Waals surface area contributed by atoms with Crippen LogP contribution in [-0.4, -0.2) is 42.9 Å². The van der Waals surface area contributed by atoms with Gasteiger partial charge >= 0.3 is 0 Å². The van der Waals surface area contributed by atoms with E-state index in [4.69, 9.17) is 15.6 Å². The van der Waals surface area contributed by atoms with Gasteiger partial charge < -0.3 is 15.6 Å². The second kappa shape index (κ2) is 6.12. The van der Waals surface area contributed by atoms with E-state index in [2.05, 4.69) is 17.0 Å². The van der Waals surface area contributed by atoms with Gasteiger partial charge in [-0.15, -0.1) is 0 Å². The number of hydrogen-bond acceptors (Lipinski definition) is 4. The maximum Gasteiger partial charge on any atom is 0.0624 e. The highest BCUT2D eigenvalue weighted by Crippen LogP contribution is 2.13. The van der Waals surface area contributed by atoms with Crippen LogP contribution in [0.1, 0.15) is 17.2 Å². The van der Waals surface area contributed by atoms with Gasteiger partial charge in [-0.25, -0.2) is 0 Å². The molecular weight excluding hydrogens is 216 g/mol. The van der Waals surface area contributed by atoms with Crippen LogP contribution in [0.25, 0.3) is 0 Å². The van der Waals surface area contributed by atoms with Crippen LogP contribution in [-0.2, 0) is 11.3 Å². The van der Waals surface area contributed by atoms with Crippen molar-refractivity contribution in [3.8, 4) is 0 Å². The van der Waals surface area contributed by atoms with Gasteiger partial charge in [0.2, 0.25) is 0 Å². The molecule has 3 N–H and O–H groups in total. The Hall–Kier alpha value is -0.940. The average molecular weight is 236 g/mol. The molecule has 4 heteroatoms. The molecule has 1 aromatic rings. The summed E-state index contributed by atoms with van der Waals surface area (Å²) >= 11 is 0. The molecule has 1 fully saturated rings. The van der Waals surface area contributed by atoms with Crippen LogP contribution in [0.4, 0.5) is 0 Å². The van der Waals surface area contributed by atoms with E-state index < -0.39 is 0 Å². The second-order valence-electron chi connectivity index (χ2n) is 4.42. The van der Waals surface area contributed by atoms with E-state index in [-0.39, 0.29) is 12.6 Å². The lowest BCUT2D eigenvalue weighted by molar-refractivity contribution is 0.0342. The topological polar surface area (TPSA) is 58.7 Å². The fourth-order valence-corrected chi connectivity index (χ4v) is 1.99. The summed E-state index contributed by atoms with van der Waals surface area (Å²) in [6.07, 6.45) is 0. The maximum atomic E-state index is 8.97. The third kappa shape index (κ3) is 3.51. The van der Waals surface area contributed by atoms with Gasteiger partial charge in [-0.05, 0) is 11.1 Å². The van der Waals surface area contributed by atoms with Crippen molar-refractivity contribution in [2.24, 2.45) is 5.73 Å². The van der Waals surface area contributed by atoms with E-state index in [1.807, 2.05) is 12.1 Å². The zero-order chi connectivity index (χ0) is 12.1. The molecular formula is C13H20N2O2. The van der Waals surface area contributed by atoms with E-state index >= 15 is 0 Å². The normalized spacial score (nSPS) is 19.2. The average Bonchev–Trinajstić information content (AvgIpc) is 2.40. The first kappa shape index (κ1) is 12.5. The van der Waals surface area contributed by atoms with Crippen LogP contribution in [0.2, 0.25) is 0 Å². The number of nitrogens with zero attached hydrogens (tertiary/aromatic N) is 1. The predicted molar refractivity (Wildman–Crippen MR) is 66.6 cm³/mol. The summed E-state index contributed by atoms with van der Waals surface area (Å²) in [6, 6.07) is 7.89. The summed E-state index contributed by atoms with van der Waals surface area (Å²) in [4.78, 5) is 2.38. The van der Waals surface area contributed by atoms with Gasteiger partial charge in [-0.3, -0.25) is 4.90 Å². The van der Waals surface area contributed by atoms with Crippen molar-refractivity contribution in [1.29, 1.82) is 0 Å². The van der Waals surface area contributed by atoms with Crippen molar-refractivity contribution in [3.63, 3.8) is 0 Å². The third-order valence-electron chi connectivity index (χ3n) is 3.11. The van der Waals surface area contributed by atoms with Crippen LogP contribution in [0.5, 0.6) is 0 Å². The van der Waals surface area contributed by atoms with Crippen LogP contribution < -0.4 is 5.73 Å². The number of benzene rings is 1. The number of aliphatic hydroxyl groups excluding tert-OH is 1. The number of nitrogens with two attached hydrogens (primary N) is 1. The summed E-state index contributed by atoms with van der Waals surface area (Å²) in [5.74, 6) is 0. The lowest BCUT2D eigenvalue weighted by Gasteiger charge is -2.26. The van der Waals surface area contributed by atoms with Crippen molar-refractivity contribution < 1.29 is 9.84 Å². The Kier molecular flexibility index (Phi) is 4.50. The van der Waals surface area contributed by atoms with Crippen molar-refractivity contribution in [3.05, 3.63) is 35.4 Å². The molecule has 1 heterocycles. The largest absolute Gasteiger partial charge is 0.394 e. The fourth-order valence-electron chi connectivity index (χ4n) is 1.99. The van der Waals surface area contributed by atoms with Crippen LogP contribution >= 0.6 is 0 Å². The molecule has 4 nitrogen and oxygen atoms in total. The van der Waals surface area contributed by atoms with Gasteiger partial charge in [0.15, 0.2) is 0 Å². The third-order valence-corrected chi connectivity index (χ3v) is 3.11. The minimum absolute atomic E-state index is 0.0111. The van der Waals surface area contributed by atoms with E-state index in [9.17, 15) is 0 Å². The monoisotopic (exact) mass is 236 g/mol. The molecule has 0 bridgehead atoms. The van der Waals surface area contributed by atoms with Crippen molar-refractivity contribution in [2.45, 2.75) is 12.6 Å². The highest BCUT2D eigenvalue weighted by molar-refractivity contribution is 5.24. The lowest BCUT2D eigenvalue weighted by atomic mass is 10.1. The highest BCUT2D eigenvalue weighted by atomic mass is 16.5. The molecule has 94 valence electrons. The van der Waals surface area contributed by atoms with Crippen molar-refractivity contribution in [1.82, 2.24) is 4.90 Å². The smallest absolute Gasteiger partial charge is 0.0624 e. The van der Waals surface area contributed by atoms with E-state index in [1.54, 1.807) is 0 Å². The number of aliphatic hydroxyl groups is 1. The minimum Gasteiger partial charge on any atom is -0.394 e. The molecule has 1 saturated heterocycles. The molecule has 0 saturated carbocycles. The Morgan fingerprint density at radius 2 is 1.88 bits per heavy atom.